The molecule has 0 heterocycles. The van der Waals surface area contributed by atoms with Gasteiger partial charge < -0.3 is 9.29 Å². The van der Waals surface area contributed by atoms with Crippen molar-refractivity contribution in [1.82, 2.24) is 4.31 Å². The number of fused-ring (bicyclic) bond motifs is 5. The van der Waals surface area contributed by atoms with E-state index in [1.165, 1.54) is 25.2 Å². The number of nitrogens with zero attached hydrogens (tertiary/aromatic N) is 1. The molecular formula is C22H29NO4S. The largest absolute Gasteiger partial charge is 0.384 e. The van der Waals surface area contributed by atoms with E-state index in [1.54, 1.807) is 6.07 Å². The number of aryl methyl sites for hydroxylation is 1. The molecule has 28 heavy (non-hydrogen) atoms. The highest BCUT2D eigenvalue weighted by Gasteiger charge is 2.61. The van der Waals surface area contributed by atoms with Gasteiger partial charge in [0.1, 0.15) is 11.4 Å². The zero-order valence-electron chi connectivity index (χ0n) is 16.8. The second-order valence-corrected chi connectivity index (χ2v) is 10.9. The van der Waals surface area contributed by atoms with E-state index < -0.39 is 15.9 Å². The third-order valence-corrected chi connectivity index (χ3v) is 9.03. The Bertz CT molecular complexity index is 934. The summed E-state index contributed by atoms with van der Waals surface area (Å²) in [5, 5.41) is 11.0. The minimum Gasteiger partial charge on any atom is -0.377 e. The van der Waals surface area contributed by atoms with Crippen molar-refractivity contribution in [3.05, 3.63) is 29.3 Å². The first-order valence-electron chi connectivity index (χ1n) is 10.1. The highest BCUT2D eigenvalue weighted by atomic mass is 32.2. The third kappa shape index (κ3) is 2.79. The molecule has 5 nitrogen and oxygen atoms in total. The Kier molecular flexibility index (Phi) is 4.57. The Morgan fingerprint density at radius 3 is 2.68 bits per heavy atom. The molecule has 5 atom stereocenters. The molecule has 0 bridgehead atoms. The van der Waals surface area contributed by atoms with Crippen molar-refractivity contribution >= 4 is 10.3 Å². The molecule has 0 aliphatic heterocycles. The van der Waals surface area contributed by atoms with E-state index in [9.17, 15) is 13.5 Å². The number of terminal acetylenes is 1. The molecule has 1 N–H and O–H groups in total. The lowest BCUT2D eigenvalue weighted by Crippen LogP contribution is -2.50. The smallest absolute Gasteiger partial charge is 0.377 e. The summed E-state index contributed by atoms with van der Waals surface area (Å²) in [5.74, 6) is 4.48. The van der Waals surface area contributed by atoms with Gasteiger partial charge in [0, 0.05) is 19.5 Å². The molecule has 0 amide bonds. The first-order chi connectivity index (χ1) is 13.1. The molecule has 1 aromatic rings. The molecular weight excluding hydrogens is 374 g/mol. The Hall–Kier alpha value is -1.55. The van der Waals surface area contributed by atoms with Crippen LogP contribution in [0.4, 0.5) is 0 Å². The Morgan fingerprint density at radius 2 is 2.00 bits per heavy atom. The van der Waals surface area contributed by atoms with E-state index in [4.69, 9.17) is 10.6 Å². The van der Waals surface area contributed by atoms with Crippen LogP contribution in [0.15, 0.2) is 18.2 Å². The van der Waals surface area contributed by atoms with Gasteiger partial charge in [-0.3, -0.25) is 0 Å². The zero-order valence-corrected chi connectivity index (χ0v) is 17.6. The van der Waals surface area contributed by atoms with Crippen LogP contribution >= 0.6 is 0 Å². The lowest BCUT2D eigenvalue weighted by Gasteiger charge is -2.52. The van der Waals surface area contributed by atoms with Crippen LogP contribution < -0.4 is 4.18 Å². The highest BCUT2D eigenvalue weighted by Crippen LogP contribution is 2.64. The Morgan fingerprint density at radius 1 is 1.25 bits per heavy atom. The maximum atomic E-state index is 12.0. The number of hydrogen-bond acceptors (Lipinski definition) is 4. The van der Waals surface area contributed by atoms with Crippen LogP contribution in [0, 0.1) is 29.6 Å². The fourth-order valence-corrected chi connectivity index (χ4v) is 6.56. The van der Waals surface area contributed by atoms with Gasteiger partial charge in [0.05, 0.1) is 0 Å². The molecule has 1 aromatic carbocycles. The maximum Gasteiger partial charge on any atom is 0.384 e. The van der Waals surface area contributed by atoms with Crippen LogP contribution in [0.5, 0.6) is 5.75 Å². The van der Waals surface area contributed by atoms with Crippen LogP contribution in [0.1, 0.15) is 56.1 Å². The maximum absolute atomic E-state index is 12.0. The van der Waals surface area contributed by atoms with Crippen molar-refractivity contribution in [3.63, 3.8) is 0 Å². The molecule has 2 fully saturated rings. The summed E-state index contributed by atoms with van der Waals surface area (Å²) in [6.45, 7) is 2.18. The van der Waals surface area contributed by atoms with Crippen LogP contribution in [0.25, 0.3) is 0 Å². The topological polar surface area (TPSA) is 66.8 Å². The SMILES string of the molecule is C#C[C@]1(O)CC[C@H]2[C@@H]3CCc4cc(OS(=O)(=O)N(C)C)ccc4[C@H]3CC[C@@]21C. The van der Waals surface area contributed by atoms with Crippen molar-refractivity contribution in [3.8, 4) is 18.1 Å². The van der Waals surface area contributed by atoms with Crippen LogP contribution in [-0.2, 0) is 16.7 Å². The average Bonchev–Trinajstić information content (AvgIpc) is 2.92. The molecule has 0 unspecified atom stereocenters. The van der Waals surface area contributed by atoms with E-state index in [0.717, 1.165) is 36.4 Å². The standard InChI is InChI=1S/C22H29NO4S/c1-5-22(24)13-11-20-19-8-6-15-14-16(27-28(25,26)23(3)4)7-9-17(15)18(19)10-12-21(20,22)2/h1,7,9,14,18-20,24H,6,8,10-13H2,2-4H3/t18-,19-,20+,21+,22+/m1/s1. The fourth-order valence-electron chi connectivity index (χ4n) is 6.06. The summed E-state index contributed by atoms with van der Waals surface area (Å²) in [7, 11) is -0.841. The summed E-state index contributed by atoms with van der Waals surface area (Å²) >= 11 is 0. The minimum atomic E-state index is -3.75. The first-order valence-corrected chi connectivity index (χ1v) is 11.4. The normalized spacial score (nSPS) is 36.9. The number of aliphatic hydroxyl groups is 1. The monoisotopic (exact) mass is 403 g/mol. The zero-order chi connectivity index (χ0) is 20.3. The highest BCUT2D eigenvalue weighted by molar-refractivity contribution is 7.84. The lowest BCUT2D eigenvalue weighted by molar-refractivity contribution is -0.0646. The van der Waals surface area contributed by atoms with Crippen LogP contribution in [-0.4, -0.2) is 37.5 Å². The van der Waals surface area contributed by atoms with Gasteiger partial charge >= 0.3 is 10.3 Å². The van der Waals surface area contributed by atoms with Gasteiger partial charge in [0.15, 0.2) is 0 Å². The summed E-state index contributed by atoms with van der Waals surface area (Å²) in [6.07, 6.45) is 11.3. The van der Waals surface area contributed by atoms with Crippen molar-refractivity contribution in [2.45, 2.75) is 57.0 Å². The van der Waals surface area contributed by atoms with Crippen molar-refractivity contribution in [2.24, 2.45) is 17.3 Å². The molecule has 2 saturated carbocycles. The molecule has 0 aromatic heterocycles. The summed E-state index contributed by atoms with van der Waals surface area (Å²) in [5.41, 5.74) is 1.30. The van der Waals surface area contributed by atoms with E-state index in [1.807, 2.05) is 12.1 Å². The summed E-state index contributed by atoms with van der Waals surface area (Å²) in [4.78, 5) is 0. The molecule has 4 rings (SSSR count). The van der Waals surface area contributed by atoms with Gasteiger partial charge in [-0.1, -0.05) is 18.9 Å². The van der Waals surface area contributed by atoms with Gasteiger partial charge in [-0.2, -0.15) is 12.7 Å². The van der Waals surface area contributed by atoms with Gasteiger partial charge in [-0.15, -0.1) is 6.42 Å². The number of hydrogen-bond donors (Lipinski definition) is 1. The van der Waals surface area contributed by atoms with E-state index in [-0.39, 0.29) is 5.41 Å². The van der Waals surface area contributed by atoms with Crippen molar-refractivity contribution in [2.75, 3.05) is 14.1 Å². The predicted octanol–water partition coefficient (Wildman–Crippen LogP) is 3.09. The molecule has 0 spiro atoms. The van der Waals surface area contributed by atoms with Gasteiger partial charge in [0.2, 0.25) is 0 Å². The molecule has 6 heteroatoms. The van der Waals surface area contributed by atoms with Gasteiger partial charge in [-0.05, 0) is 79.5 Å². The predicted molar refractivity (Wildman–Crippen MR) is 108 cm³/mol. The minimum absolute atomic E-state index is 0.205. The second kappa shape index (κ2) is 6.48. The molecule has 3 aliphatic rings. The van der Waals surface area contributed by atoms with E-state index >= 15 is 0 Å². The second-order valence-electron chi connectivity index (χ2n) is 9.10. The number of rotatable bonds is 3. The summed E-state index contributed by atoms with van der Waals surface area (Å²) < 4.78 is 30.3. The summed E-state index contributed by atoms with van der Waals surface area (Å²) in [6, 6.07) is 5.69. The van der Waals surface area contributed by atoms with E-state index in [0.29, 0.717) is 29.9 Å². The average molecular weight is 404 g/mol. The molecule has 3 aliphatic carbocycles. The van der Waals surface area contributed by atoms with E-state index in [2.05, 4.69) is 12.8 Å². The quantitative estimate of drug-likeness (QED) is 0.788. The Balaban J connectivity index is 1.61. The third-order valence-electron chi connectivity index (χ3n) is 7.74. The van der Waals surface area contributed by atoms with Crippen LogP contribution in [0.3, 0.4) is 0 Å². The molecule has 0 radical (unpaired) electrons. The van der Waals surface area contributed by atoms with Crippen molar-refractivity contribution in [1.29, 1.82) is 0 Å². The fraction of sp³-hybridized carbons (Fsp3) is 0.636. The van der Waals surface area contributed by atoms with Gasteiger partial charge in [-0.25, -0.2) is 0 Å². The van der Waals surface area contributed by atoms with Crippen molar-refractivity contribution < 1.29 is 17.7 Å². The first kappa shape index (κ1) is 19.8. The Labute approximate surface area is 168 Å². The van der Waals surface area contributed by atoms with Crippen LogP contribution in [0.2, 0.25) is 0 Å². The molecule has 152 valence electrons. The lowest BCUT2D eigenvalue weighted by atomic mass is 9.53. The van der Waals surface area contributed by atoms with Gasteiger partial charge in [0.25, 0.3) is 0 Å². The number of benzene rings is 1. The molecule has 0 saturated heterocycles.